The minimum absolute atomic E-state index is 0.0703. The van der Waals surface area contributed by atoms with Crippen LogP contribution in [0.15, 0.2) is 24.3 Å². The first-order chi connectivity index (χ1) is 12.2. The molecule has 2 aliphatic heterocycles. The maximum atomic E-state index is 12.6. The summed E-state index contributed by atoms with van der Waals surface area (Å²) < 4.78 is 10.7. The van der Waals surface area contributed by atoms with Crippen LogP contribution >= 0.6 is 0 Å². The summed E-state index contributed by atoms with van der Waals surface area (Å²) in [6.07, 6.45) is 1.29. The minimum Gasteiger partial charge on any atom is -0.497 e. The number of hydrogen-bond acceptors (Lipinski definition) is 4. The fraction of sp³-hybridized carbons (Fsp3) is 0.600. The molecule has 0 aliphatic carbocycles. The van der Waals surface area contributed by atoms with Crippen LogP contribution < -0.4 is 10.1 Å². The first kappa shape index (κ1) is 18.5. The summed E-state index contributed by atoms with van der Waals surface area (Å²) in [5.41, 5.74) is 0.360. The zero-order valence-electron chi connectivity index (χ0n) is 16.0. The van der Waals surface area contributed by atoms with E-state index in [-0.39, 0.29) is 23.3 Å². The topological polar surface area (TPSA) is 67.9 Å². The average Bonchev–Trinajstić information content (AvgIpc) is 2.90. The third-order valence-electron chi connectivity index (χ3n) is 5.35. The summed E-state index contributed by atoms with van der Waals surface area (Å²) in [4.78, 5) is 26.6. The van der Waals surface area contributed by atoms with Gasteiger partial charge >= 0.3 is 6.09 Å². The molecule has 1 aromatic rings. The van der Waals surface area contributed by atoms with Gasteiger partial charge in [-0.2, -0.15) is 0 Å². The molecule has 2 amide bonds. The largest absolute Gasteiger partial charge is 0.497 e. The molecule has 2 saturated heterocycles. The summed E-state index contributed by atoms with van der Waals surface area (Å²) >= 11 is 0. The lowest BCUT2D eigenvalue weighted by molar-refractivity contribution is -0.121. The highest BCUT2D eigenvalue weighted by Gasteiger charge is 2.50. The van der Waals surface area contributed by atoms with Gasteiger partial charge in [-0.25, -0.2) is 4.79 Å². The number of carbonyl (C=O) groups is 2. The fourth-order valence-electron chi connectivity index (χ4n) is 3.97. The predicted molar refractivity (Wildman–Crippen MR) is 98.2 cm³/mol. The van der Waals surface area contributed by atoms with Crippen LogP contribution in [-0.4, -0.2) is 49.2 Å². The number of amides is 2. The lowest BCUT2D eigenvalue weighted by Gasteiger charge is -2.41. The van der Waals surface area contributed by atoms with Crippen LogP contribution in [0.3, 0.4) is 0 Å². The second kappa shape index (κ2) is 6.82. The number of benzene rings is 1. The van der Waals surface area contributed by atoms with Gasteiger partial charge in [-0.3, -0.25) is 4.79 Å². The monoisotopic (exact) mass is 360 g/mol. The van der Waals surface area contributed by atoms with E-state index in [9.17, 15) is 9.59 Å². The summed E-state index contributed by atoms with van der Waals surface area (Å²) in [6, 6.07) is 7.72. The number of likely N-dealkylation sites (tertiary alicyclic amines) is 1. The van der Waals surface area contributed by atoms with Gasteiger partial charge in [0.2, 0.25) is 5.91 Å². The average molecular weight is 360 g/mol. The van der Waals surface area contributed by atoms with Crippen molar-refractivity contribution < 1.29 is 19.1 Å². The Morgan fingerprint density at radius 1 is 1.19 bits per heavy atom. The van der Waals surface area contributed by atoms with Crippen molar-refractivity contribution >= 4 is 12.0 Å². The zero-order chi connectivity index (χ0) is 18.9. The molecule has 2 fully saturated rings. The van der Waals surface area contributed by atoms with Gasteiger partial charge in [0.1, 0.15) is 11.4 Å². The molecule has 6 heteroatoms. The second-order valence-corrected chi connectivity index (χ2v) is 8.25. The molecule has 1 aromatic carbocycles. The van der Waals surface area contributed by atoms with Gasteiger partial charge in [0.05, 0.1) is 13.0 Å². The number of nitrogens with zero attached hydrogens (tertiary/aromatic N) is 1. The minimum atomic E-state index is -0.497. The van der Waals surface area contributed by atoms with Gasteiger partial charge in [-0.05, 0) is 51.3 Å². The molecule has 2 heterocycles. The molecule has 142 valence electrons. The quantitative estimate of drug-likeness (QED) is 0.880. The van der Waals surface area contributed by atoms with E-state index in [2.05, 4.69) is 5.32 Å². The first-order valence-corrected chi connectivity index (χ1v) is 9.14. The molecule has 0 aromatic heterocycles. The third kappa shape index (κ3) is 3.64. The number of hydrogen-bond donors (Lipinski definition) is 1. The summed E-state index contributed by atoms with van der Waals surface area (Å²) in [5.74, 6) is 0.663. The van der Waals surface area contributed by atoms with Crippen molar-refractivity contribution in [3.8, 4) is 5.75 Å². The van der Waals surface area contributed by atoms with Gasteiger partial charge in [-0.1, -0.05) is 12.1 Å². The van der Waals surface area contributed by atoms with Crippen LogP contribution in [0.5, 0.6) is 5.75 Å². The Bertz CT molecular complexity index is 670. The summed E-state index contributed by atoms with van der Waals surface area (Å²) in [5, 5.41) is 3.03. The van der Waals surface area contributed by atoms with Gasteiger partial charge in [-0.15, -0.1) is 0 Å². The maximum Gasteiger partial charge on any atom is 0.410 e. The highest BCUT2D eigenvalue weighted by atomic mass is 16.6. The normalized spacial score (nSPS) is 22.2. The molecule has 1 N–H and O–H groups in total. The van der Waals surface area contributed by atoms with E-state index in [1.807, 2.05) is 45.0 Å². The number of methoxy groups -OCH3 is 1. The van der Waals surface area contributed by atoms with Crippen LogP contribution in [-0.2, 0) is 9.53 Å². The van der Waals surface area contributed by atoms with Gasteiger partial charge in [0.25, 0.3) is 0 Å². The van der Waals surface area contributed by atoms with Gasteiger partial charge in [0.15, 0.2) is 0 Å². The highest BCUT2D eigenvalue weighted by molar-refractivity contribution is 5.87. The van der Waals surface area contributed by atoms with Crippen LogP contribution in [0, 0.1) is 5.41 Å². The number of piperidine rings is 1. The SMILES string of the molecule is COc1ccc([C@H]2C(=O)NCC23CCN(C(=O)OC(C)(C)C)CC3)cc1. The smallest absolute Gasteiger partial charge is 0.410 e. The number of nitrogens with one attached hydrogen (secondary N) is 1. The van der Waals surface area contributed by atoms with Crippen molar-refractivity contribution in [3.05, 3.63) is 29.8 Å². The Hall–Kier alpha value is -2.24. The molecule has 1 spiro atoms. The molecule has 0 bridgehead atoms. The van der Waals surface area contributed by atoms with Gasteiger partial charge < -0.3 is 19.7 Å². The van der Waals surface area contributed by atoms with Crippen molar-refractivity contribution in [3.63, 3.8) is 0 Å². The Morgan fingerprint density at radius 3 is 2.35 bits per heavy atom. The standard InChI is InChI=1S/C20H28N2O4/c1-19(2,3)26-18(24)22-11-9-20(10-12-22)13-21-17(23)16(20)14-5-7-15(25-4)8-6-14/h5-8,16H,9-13H2,1-4H3,(H,21,23)/t16-/m0/s1. The molecular weight excluding hydrogens is 332 g/mol. The van der Waals surface area contributed by atoms with Gasteiger partial charge in [0, 0.05) is 25.0 Å². The van der Waals surface area contributed by atoms with E-state index in [1.54, 1.807) is 12.0 Å². The van der Waals surface area contributed by atoms with Crippen LogP contribution in [0.4, 0.5) is 4.79 Å². The molecule has 3 rings (SSSR count). The molecule has 1 atom stereocenters. The van der Waals surface area contributed by atoms with Crippen molar-refractivity contribution in [1.82, 2.24) is 10.2 Å². The lowest BCUT2D eigenvalue weighted by Crippen LogP contribution is -2.47. The maximum absolute atomic E-state index is 12.6. The molecule has 2 aliphatic rings. The summed E-state index contributed by atoms with van der Waals surface area (Å²) in [7, 11) is 1.63. The van der Waals surface area contributed by atoms with E-state index in [4.69, 9.17) is 9.47 Å². The fourth-order valence-corrected chi connectivity index (χ4v) is 3.97. The Morgan fingerprint density at radius 2 is 1.81 bits per heavy atom. The third-order valence-corrected chi connectivity index (χ3v) is 5.35. The zero-order valence-corrected chi connectivity index (χ0v) is 16.0. The van der Waals surface area contributed by atoms with Crippen molar-refractivity contribution in [2.45, 2.75) is 45.1 Å². The summed E-state index contributed by atoms with van der Waals surface area (Å²) in [6.45, 7) is 7.48. The van der Waals surface area contributed by atoms with E-state index < -0.39 is 5.60 Å². The first-order valence-electron chi connectivity index (χ1n) is 9.14. The molecular formula is C20H28N2O4. The van der Waals surface area contributed by atoms with E-state index in [0.29, 0.717) is 19.6 Å². The lowest BCUT2D eigenvalue weighted by atomic mass is 9.68. The van der Waals surface area contributed by atoms with Crippen LogP contribution in [0.2, 0.25) is 0 Å². The molecule has 26 heavy (non-hydrogen) atoms. The Kier molecular flexibility index (Phi) is 4.86. The van der Waals surface area contributed by atoms with Crippen molar-refractivity contribution in [2.24, 2.45) is 5.41 Å². The van der Waals surface area contributed by atoms with E-state index in [1.165, 1.54) is 0 Å². The van der Waals surface area contributed by atoms with Crippen molar-refractivity contribution in [1.29, 1.82) is 0 Å². The Balaban J connectivity index is 1.73. The molecule has 0 saturated carbocycles. The second-order valence-electron chi connectivity index (χ2n) is 8.25. The molecule has 0 radical (unpaired) electrons. The predicted octanol–water partition coefficient (Wildman–Crippen LogP) is 2.93. The Labute approximate surface area is 154 Å². The van der Waals surface area contributed by atoms with Crippen LogP contribution in [0.1, 0.15) is 45.1 Å². The molecule has 0 unspecified atom stereocenters. The van der Waals surface area contributed by atoms with E-state index >= 15 is 0 Å². The van der Waals surface area contributed by atoms with E-state index in [0.717, 1.165) is 24.2 Å². The van der Waals surface area contributed by atoms with Crippen molar-refractivity contribution in [2.75, 3.05) is 26.7 Å². The number of rotatable bonds is 2. The molecule has 6 nitrogen and oxygen atoms in total. The highest BCUT2D eigenvalue weighted by Crippen LogP contribution is 2.47. The number of carbonyl (C=O) groups excluding carboxylic acids is 2. The van der Waals surface area contributed by atoms with Crippen LogP contribution in [0.25, 0.3) is 0 Å². The number of ether oxygens (including phenoxy) is 2.